The molecule has 0 heterocycles. The molecule has 35 heavy (non-hydrogen) atoms. The fraction of sp³-hybridized carbons (Fsp3) is 0.222. The van der Waals surface area contributed by atoms with Crippen molar-refractivity contribution < 1.29 is 14.3 Å². The van der Waals surface area contributed by atoms with E-state index in [0.717, 1.165) is 12.0 Å². The molecule has 2 amide bonds. The molecule has 3 aromatic carbocycles. The molecular weight excluding hydrogens is 526 g/mol. The number of hydrogen-bond donors (Lipinski definition) is 3. The number of thiocarbonyl (C=S) groups is 1. The van der Waals surface area contributed by atoms with Crippen LogP contribution in [-0.2, 0) is 11.8 Å². The van der Waals surface area contributed by atoms with Crippen molar-refractivity contribution in [2.75, 3.05) is 6.61 Å². The highest BCUT2D eigenvalue weighted by atomic mass is 79.9. The molecule has 3 N–H and O–H groups in total. The van der Waals surface area contributed by atoms with E-state index in [-0.39, 0.29) is 16.4 Å². The second-order valence-corrected chi connectivity index (χ2v) is 10.2. The van der Waals surface area contributed by atoms with Gasteiger partial charge in [0.15, 0.2) is 5.11 Å². The molecule has 3 rings (SSSR count). The lowest BCUT2D eigenvalue weighted by Gasteiger charge is -2.19. The van der Waals surface area contributed by atoms with Gasteiger partial charge in [-0.25, -0.2) is 0 Å². The largest absolute Gasteiger partial charge is 0.492 e. The molecule has 6 nitrogen and oxygen atoms in total. The van der Waals surface area contributed by atoms with E-state index < -0.39 is 5.91 Å². The van der Waals surface area contributed by atoms with Gasteiger partial charge in [0.1, 0.15) is 5.75 Å². The molecule has 0 aromatic heterocycles. The van der Waals surface area contributed by atoms with Crippen LogP contribution in [0.4, 0.5) is 0 Å². The molecule has 0 saturated heterocycles. The van der Waals surface area contributed by atoms with Gasteiger partial charge < -0.3 is 4.74 Å². The number of benzene rings is 3. The van der Waals surface area contributed by atoms with Gasteiger partial charge in [0.25, 0.3) is 11.8 Å². The van der Waals surface area contributed by atoms with Crippen LogP contribution in [0.2, 0.25) is 0 Å². The lowest BCUT2D eigenvalue weighted by atomic mass is 9.87. The van der Waals surface area contributed by atoms with Crippen LogP contribution in [0.5, 0.6) is 5.75 Å². The molecule has 0 unspecified atom stereocenters. The maximum Gasteiger partial charge on any atom is 0.269 e. The predicted octanol–water partition coefficient (Wildman–Crippen LogP) is 5.32. The molecule has 3 aromatic rings. The van der Waals surface area contributed by atoms with Gasteiger partial charge in [-0.15, -0.1) is 0 Å². The van der Waals surface area contributed by atoms with Crippen LogP contribution < -0.4 is 20.9 Å². The molecule has 0 saturated carbocycles. The summed E-state index contributed by atoms with van der Waals surface area (Å²) in [4.78, 5) is 24.9. The Bertz CT molecular complexity index is 1190. The number of hydrazine groups is 1. The molecule has 0 bridgehead atoms. The first kappa shape index (κ1) is 26.4. The van der Waals surface area contributed by atoms with Crippen molar-refractivity contribution in [1.82, 2.24) is 16.2 Å². The van der Waals surface area contributed by atoms with E-state index in [1.54, 1.807) is 30.3 Å². The molecule has 0 fully saturated rings. The quantitative estimate of drug-likeness (QED) is 0.284. The van der Waals surface area contributed by atoms with Gasteiger partial charge in [0, 0.05) is 17.5 Å². The van der Waals surface area contributed by atoms with Crippen LogP contribution in [0, 0.1) is 0 Å². The molecular formula is C27H28BrN3O3S. The van der Waals surface area contributed by atoms with Crippen molar-refractivity contribution in [3.63, 3.8) is 0 Å². The highest BCUT2D eigenvalue weighted by Crippen LogP contribution is 2.26. The van der Waals surface area contributed by atoms with Gasteiger partial charge in [-0.1, -0.05) is 63.2 Å². The van der Waals surface area contributed by atoms with E-state index in [4.69, 9.17) is 17.0 Å². The first-order valence-electron chi connectivity index (χ1n) is 11.1. The van der Waals surface area contributed by atoms with Gasteiger partial charge in [-0.2, -0.15) is 0 Å². The third kappa shape index (κ3) is 7.90. The molecule has 0 aliphatic heterocycles. The monoisotopic (exact) mass is 553 g/mol. The Kier molecular flexibility index (Phi) is 9.01. The predicted molar refractivity (Wildman–Crippen MR) is 146 cm³/mol. The van der Waals surface area contributed by atoms with Gasteiger partial charge in [-0.05, 0) is 75.0 Å². The number of rotatable bonds is 6. The van der Waals surface area contributed by atoms with Crippen molar-refractivity contribution >= 4 is 45.1 Å². The molecule has 182 valence electrons. The van der Waals surface area contributed by atoms with Crippen LogP contribution >= 0.6 is 28.1 Å². The Labute approximate surface area is 219 Å². The minimum Gasteiger partial charge on any atom is -0.492 e. The van der Waals surface area contributed by atoms with Gasteiger partial charge in [0.2, 0.25) is 0 Å². The Morgan fingerprint density at radius 1 is 0.886 bits per heavy atom. The maximum absolute atomic E-state index is 12.6. The Morgan fingerprint density at radius 3 is 2.17 bits per heavy atom. The third-order valence-corrected chi connectivity index (χ3v) is 6.04. The molecule has 0 radical (unpaired) electrons. The molecule has 0 aliphatic carbocycles. The minimum atomic E-state index is -0.414. The number of carbonyl (C=O) groups is 2. The van der Waals surface area contributed by atoms with E-state index in [1.165, 1.54) is 5.56 Å². The zero-order chi connectivity index (χ0) is 25.4. The van der Waals surface area contributed by atoms with Gasteiger partial charge >= 0.3 is 0 Å². The summed E-state index contributed by atoms with van der Waals surface area (Å²) >= 11 is 8.59. The number of carbonyl (C=O) groups excluding carboxylic acids is 2. The van der Waals surface area contributed by atoms with E-state index >= 15 is 0 Å². The Hall–Kier alpha value is -3.23. The second-order valence-electron chi connectivity index (χ2n) is 8.92. The SMILES string of the molecule is CC(C)(C)c1ccc(C(=O)NNC(=S)NC(=O)c2ccc(OCCc3ccccc3)c(Br)c2)cc1. The summed E-state index contributed by atoms with van der Waals surface area (Å²) in [7, 11) is 0. The van der Waals surface area contributed by atoms with E-state index in [2.05, 4.69) is 52.9 Å². The summed E-state index contributed by atoms with van der Waals surface area (Å²) in [6, 6.07) is 22.4. The van der Waals surface area contributed by atoms with Crippen LogP contribution in [-0.4, -0.2) is 23.5 Å². The topological polar surface area (TPSA) is 79.5 Å². The maximum atomic E-state index is 12.6. The van der Waals surface area contributed by atoms with Crippen LogP contribution in [0.25, 0.3) is 0 Å². The summed E-state index contributed by atoms with van der Waals surface area (Å²) in [6.07, 6.45) is 0.780. The van der Waals surface area contributed by atoms with Crippen LogP contribution in [0.15, 0.2) is 77.3 Å². The Morgan fingerprint density at radius 2 is 1.54 bits per heavy atom. The lowest BCUT2D eigenvalue weighted by molar-refractivity contribution is 0.0934. The van der Waals surface area contributed by atoms with E-state index in [0.29, 0.717) is 28.0 Å². The Balaban J connectivity index is 1.47. The summed E-state index contributed by atoms with van der Waals surface area (Å²) < 4.78 is 6.48. The van der Waals surface area contributed by atoms with Crippen molar-refractivity contribution in [3.05, 3.63) is 99.5 Å². The standard InChI is InChI=1S/C27H28BrN3O3S/c1-27(2,3)21-12-9-19(10-13-21)25(33)30-31-26(35)29-24(32)20-11-14-23(22(28)17-20)34-16-15-18-7-5-4-6-8-18/h4-14,17H,15-16H2,1-3H3,(H,30,33)(H2,29,31,32,35). The fourth-order valence-corrected chi connectivity index (χ4v) is 3.83. The summed E-state index contributed by atoms with van der Waals surface area (Å²) in [5.74, 6) is -0.132. The van der Waals surface area contributed by atoms with Crippen molar-refractivity contribution in [2.24, 2.45) is 0 Å². The number of ether oxygens (including phenoxy) is 1. The third-order valence-electron chi connectivity index (χ3n) is 5.21. The number of nitrogens with one attached hydrogen (secondary N) is 3. The molecule has 0 spiro atoms. The zero-order valence-electron chi connectivity index (χ0n) is 19.9. The van der Waals surface area contributed by atoms with Crippen molar-refractivity contribution in [3.8, 4) is 5.75 Å². The summed E-state index contributed by atoms with van der Waals surface area (Å²) in [5, 5.41) is 2.53. The van der Waals surface area contributed by atoms with Crippen molar-refractivity contribution in [2.45, 2.75) is 32.6 Å². The molecule has 8 heteroatoms. The average molecular weight is 555 g/mol. The lowest BCUT2D eigenvalue weighted by Crippen LogP contribution is -2.48. The van der Waals surface area contributed by atoms with E-state index in [1.807, 2.05) is 42.5 Å². The molecule has 0 atom stereocenters. The number of hydrogen-bond acceptors (Lipinski definition) is 4. The molecule has 0 aliphatic rings. The fourth-order valence-electron chi connectivity index (χ4n) is 3.20. The highest BCUT2D eigenvalue weighted by molar-refractivity contribution is 9.10. The smallest absolute Gasteiger partial charge is 0.269 e. The van der Waals surface area contributed by atoms with Crippen LogP contribution in [0.1, 0.15) is 52.6 Å². The van der Waals surface area contributed by atoms with Crippen molar-refractivity contribution in [1.29, 1.82) is 0 Å². The van der Waals surface area contributed by atoms with Crippen LogP contribution in [0.3, 0.4) is 0 Å². The number of amides is 2. The minimum absolute atomic E-state index is 0.000582. The zero-order valence-corrected chi connectivity index (χ0v) is 22.3. The summed E-state index contributed by atoms with van der Waals surface area (Å²) in [5.41, 5.74) is 8.24. The summed E-state index contributed by atoms with van der Waals surface area (Å²) in [6.45, 7) is 6.84. The van der Waals surface area contributed by atoms with Gasteiger partial charge in [0.05, 0.1) is 11.1 Å². The normalized spacial score (nSPS) is 10.9. The first-order valence-corrected chi connectivity index (χ1v) is 12.3. The number of halogens is 1. The second kappa shape index (κ2) is 12.0. The van der Waals surface area contributed by atoms with E-state index in [9.17, 15) is 9.59 Å². The first-order chi connectivity index (χ1) is 16.6. The van der Waals surface area contributed by atoms with Gasteiger partial charge in [-0.3, -0.25) is 25.8 Å². The average Bonchev–Trinajstić information content (AvgIpc) is 2.83. The highest BCUT2D eigenvalue weighted by Gasteiger charge is 2.15.